The number of halogens is 1. The van der Waals surface area contributed by atoms with Crippen LogP contribution >= 0.6 is 11.8 Å². The quantitative estimate of drug-likeness (QED) is 0.544. The van der Waals surface area contributed by atoms with E-state index < -0.39 is 0 Å². The molecule has 0 aromatic heterocycles. The van der Waals surface area contributed by atoms with Gasteiger partial charge in [-0.3, -0.25) is 4.79 Å². The molecule has 0 aliphatic rings. The first kappa shape index (κ1) is 12.0. The predicted molar refractivity (Wildman–Crippen MR) is 61.6 cm³/mol. The number of hydrogen-bond donors (Lipinski definition) is 0. The second-order valence-corrected chi connectivity index (χ2v) is 4.16. The zero-order valence-electron chi connectivity index (χ0n) is 8.41. The molecule has 0 unspecified atom stereocenters. The highest BCUT2D eigenvalue weighted by Gasteiger charge is 2.02. The van der Waals surface area contributed by atoms with E-state index in [-0.39, 0.29) is 11.6 Å². The molecule has 1 rings (SSSR count). The molecule has 1 aromatic carbocycles. The molecule has 0 aliphatic carbocycles. The van der Waals surface area contributed by atoms with Crippen molar-refractivity contribution in [1.29, 1.82) is 0 Å². The summed E-state index contributed by atoms with van der Waals surface area (Å²) in [5.74, 6) is 0.390. The molecule has 0 fully saturated rings. The molecule has 80 valence electrons. The van der Waals surface area contributed by atoms with Crippen molar-refractivity contribution >= 4 is 17.5 Å². The number of Topliss-reactive ketones (excluding diaryl/α,β-unsaturated/α-hetero) is 1. The van der Waals surface area contributed by atoms with Crippen LogP contribution in [0.5, 0.6) is 0 Å². The molecule has 0 saturated heterocycles. The average molecular weight is 224 g/mol. The highest BCUT2D eigenvalue weighted by molar-refractivity contribution is 8.00. The molecular formula is C12H13FOS. The maximum absolute atomic E-state index is 12.6. The number of carbonyl (C=O) groups excluding carboxylic acids is 1. The van der Waals surface area contributed by atoms with Gasteiger partial charge in [0.1, 0.15) is 11.6 Å². The summed E-state index contributed by atoms with van der Waals surface area (Å²) >= 11 is 1.44. The molecule has 0 saturated carbocycles. The summed E-state index contributed by atoms with van der Waals surface area (Å²) in [6.07, 6.45) is 3.00. The minimum atomic E-state index is -0.252. The van der Waals surface area contributed by atoms with Gasteiger partial charge in [-0.2, -0.15) is 0 Å². The fraction of sp³-hybridized carbons (Fsp3) is 0.250. The Bertz CT molecular complexity index is 332. The van der Waals surface area contributed by atoms with E-state index in [1.165, 1.54) is 23.9 Å². The third kappa shape index (κ3) is 4.79. The van der Waals surface area contributed by atoms with Crippen LogP contribution in [-0.2, 0) is 4.79 Å². The van der Waals surface area contributed by atoms with E-state index in [0.717, 1.165) is 11.3 Å². The van der Waals surface area contributed by atoms with Crippen LogP contribution in [0.15, 0.2) is 41.8 Å². The Kier molecular flexibility index (Phi) is 5.12. The minimum absolute atomic E-state index is 0.198. The van der Waals surface area contributed by atoms with Crippen molar-refractivity contribution in [3.05, 3.63) is 42.7 Å². The monoisotopic (exact) mass is 224 g/mol. The molecule has 0 atom stereocenters. The first-order valence-electron chi connectivity index (χ1n) is 4.73. The molecule has 1 nitrogen and oxygen atoms in total. The normalized spacial score (nSPS) is 9.93. The maximum atomic E-state index is 12.6. The summed E-state index contributed by atoms with van der Waals surface area (Å²) < 4.78 is 12.6. The SMILES string of the molecule is C=CCCC(=O)CSc1ccc(F)cc1. The molecule has 0 spiro atoms. The Morgan fingerprint density at radius 1 is 1.40 bits per heavy atom. The minimum Gasteiger partial charge on any atom is -0.299 e. The van der Waals surface area contributed by atoms with Crippen molar-refractivity contribution in [2.45, 2.75) is 17.7 Å². The van der Waals surface area contributed by atoms with Crippen molar-refractivity contribution in [3.63, 3.8) is 0 Å². The summed E-state index contributed by atoms with van der Waals surface area (Å²) in [7, 11) is 0. The lowest BCUT2D eigenvalue weighted by Gasteiger charge is -2.00. The third-order valence-electron chi connectivity index (χ3n) is 1.84. The Morgan fingerprint density at radius 2 is 2.07 bits per heavy atom. The molecule has 1 aromatic rings. The number of ketones is 1. The largest absolute Gasteiger partial charge is 0.299 e. The van der Waals surface area contributed by atoms with Gasteiger partial charge in [-0.05, 0) is 30.7 Å². The summed E-state index contributed by atoms with van der Waals surface area (Å²) in [4.78, 5) is 12.2. The van der Waals surface area contributed by atoms with Crippen LogP contribution in [0.25, 0.3) is 0 Å². The van der Waals surface area contributed by atoms with E-state index in [0.29, 0.717) is 12.2 Å². The van der Waals surface area contributed by atoms with Crippen LogP contribution in [0, 0.1) is 5.82 Å². The molecular weight excluding hydrogens is 211 g/mol. The van der Waals surface area contributed by atoms with Gasteiger partial charge in [0.2, 0.25) is 0 Å². The molecule has 3 heteroatoms. The van der Waals surface area contributed by atoms with E-state index >= 15 is 0 Å². The predicted octanol–water partition coefficient (Wildman–Crippen LogP) is 3.45. The van der Waals surface area contributed by atoms with Crippen molar-refractivity contribution in [3.8, 4) is 0 Å². The Labute approximate surface area is 93.4 Å². The van der Waals surface area contributed by atoms with Crippen LogP contribution in [0.3, 0.4) is 0 Å². The Morgan fingerprint density at radius 3 is 2.67 bits per heavy atom. The maximum Gasteiger partial charge on any atom is 0.143 e. The number of rotatable bonds is 6. The van der Waals surface area contributed by atoms with Crippen LogP contribution in [0.2, 0.25) is 0 Å². The van der Waals surface area contributed by atoms with E-state index in [4.69, 9.17) is 0 Å². The Hall–Kier alpha value is -1.09. The second-order valence-electron chi connectivity index (χ2n) is 3.11. The summed E-state index contributed by atoms with van der Waals surface area (Å²) in [5, 5.41) is 0. The van der Waals surface area contributed by atoms with Crippen molar-refractivity contribution in [2.24, 2.45) is 0 Å². The smallest absolute Gasteiger partial charge is 0.143 e. The van der Waals surface area contributed by atoms with Gasteiger partial charge in [0.05, 0.1) is 5.75 Å². The molecule has 0 bridgehead atoms. The van der Waals surface area contributed by atoms with E-state index in [2.05, 4.69) is 6.58 Å². The zero-order valence-corrected chi connectivity index (χ0v) is 9.23. The Balaban J connectivity index is 2.33. The molecule has 0 radical (unpaired) electrons. The topological polar surface area (TPSA) is 17.1 Å². The van der Waals surface area contributed by atoms with Crippen molar-refractivity contribution < 1.29 is 9.18 Å². The van der Waals surface area contributed by atoms with Crippen LogP contribution in [0.1, 0.15) is 12.8 Å². The average Bonchev–Trinajstić information content (AvgIpc) is 2.25. The molecule has 0 heterocycles. The first-order chi connectivity index (χ1) is 7.22. The van der Waals surface area contributed by atoms with Crippen molar-refractivity contribution in [1.82, 2.24) is 0 Å². The summed E-state index contributed by atoms with van der Waals surface area (Å²) in [6, 6.07) is 6.16. The van der Waals surface area contributed by atoms with Gasteiger partial charge in [-0.15, -0.1) is 18.3 Å². The second kappa shape index (κ2) is 6.40. The molecule has 15 heavy (non-hydrogen) atoms. The molecule has 0 amide bonds. The van der Waals surface area contributed by atoms with Gasteiger partial charge in [-0.25, -0.2) is 4.39 Å². The summed E-state index contributed by atoms with van der Waals surface area (Å²) in [5.41, 5.74) is 0. The number of carbonyl (C=O) groups is 1. The van der Waals surface area contributed by atoms with Gasteiger partial charge in [-0.1, -0.05) is 6.08 Å². The van der Waals surface area contributed by atoms with E-state index in [9.17, 15) is 9.18 Å². The van der Waals surface area contributed by atoms with Gasteiger partial charge >= 0.3 is 0 Å². The number of thioether (sulfide) groups is 1. The number of hydrogen-bond acceptors (Lipinski definition) is 2. The summed E-state index contributed by atoms with van der Waals surface area (Å²) in [6.45, 7) is 3.56. The highest BCUT2D eigenvalue weighted by Crippen LogP contribution is 2.18. The lowest BCUT2D eigenvalue weighted by atomic mass is 10.2. The number of benzene rings is 1. The van der Waals surface area contributed by atoms with E-state index in [1.807, 2.05) is 0 Å². The lowest BCUT2D eigenvalue weighted by Crippen LogP contribution is -1.99. The van der Waals surface area contributed by atoms with Gasteiger partial charge in [0.15, 0.2) is 0 Å². The van der Waals surface area contributed by atoms with Crippen LogP contribution < -0.4 is 0 Å². The lowest BCUT2D eigenvalue weighted by molar-refractivity contribution is -0.116. The first-order valence-corrected chi connectivity index (χ1v) is 5.72. The van der Waals surface area contributed by atoms with Crippen LogP contribution in [0.4, 0.5) is 4.39 Å². The van der Waals surface area contributed by atoms with E-state index in [1.54, 1.807) is 18.2 Å². The van der Waals surface area contributed by atoms with Gasteiger partial charge in [0, 0.05) is 11.3 Å². The molecule has 0 aliphatic heterocycles. The van der Waals surface area contributed by atoms with Gasteiger partial charge < -0.3 is 0 Å². The third-order valence-corrected chi connectivity index (χ3v) is 2.91. The van der Waals surface area contributed by atoms with Crippen molar-refractivity contribution in [2.75, 3.05) is 5.75 Å². The highest BCUT2D eigenvalue weighted by atomic mass is 32.2. The standard InChI is InChI=1S/C12H13FOS/c1-2-3-4-11(14)9-15-12-7-5-10(13)6-8-12/h2,5-8H,1,3-4,9H2. The zero-order chi connectivity index (χ0) is 11.1. The van der Waals surface area contributed by atoms with Crippen LogP contribution in [-0.4, -0.2) is 11.5 Å². The number of allylic oxidation sites excluding steroid dienone is 1. The van der Waals surface area contributed by atoms with Gasteiger partial charge in [0.25, 0.3) is 0 Å². The fourth-order valence-electron chi connectivity index (χ4n) is 1.03. The molecule has 0 N–H and O–H groups in total. The fourth-order valence-corrected chi connectivity index (χ4v) is 1.83.